The molecule has 6 nitrogen and oxygen atoms in total. The number of rotatable bonds is 4. The van der Waals surface area contributed by atoms with Crippen molar-refractivity contribution in [3.8, 4) is 17.6 Å². The van der Waals surface area contributed by atoms with Crippen molar-refractivity contribution in [2.24, 2.45) is 0 Å². The average Bonchev–Trinajstić information content (AvgIpc) is 3.10. The number of nitriles is 1. The van der Waals surface area contributed by atoms with Crippen molar-refractivity contribution in [3.63, 3.8) is 0 Å². The lowest BCUT2D eigenvalue weighted by Crippen LogP contribution is -2.25. The van der Waals surface area contributed by atoms with Crippen molar-refractivity contribution in [2.75, 3.05) is 20.8 Å². The molecule has 1 aliphatic rings. The number of pyridine rings is 1. The zero-order chi connectivity index (χ0) is 16.2. The predicted molar refractivity (Wildman–Crippen MR) is 85.1 cm³/mol. The van der Waals surface area contributed by atoms with Crippen LogP contribution < -0.4 is 20.3 Å². The Morgan fingerprint density at radius 3 is 2.83 bits per heavy atom. The van der Waals surface area contributed by atoms with Gasteiger partial charge in [0.2, 0.25) is 0 Å². The Balaban J connectivity index is 2.08. The molecule has 0 spiro atoms. The number of aromatic nitrogens is 1. The Morgan fingerprint density at radius 2 is 2.17 bits per heavy atom. The third kappa shape index (κ3) is 2.84. The van der Waals surface area contributed by atoms with E-state index in [9.17, 15) is 5.26 Å². The molecule has 2 unspecified atom stereocenters. The maximum atomic E-state index is 9.28. The first kappa shape index (κ1) is 15.3. The number of ether oxygens (including phenoxy) is 2. The van der Waals surface area contributed by atoms with Crippen LogP contribution in [0.2, 0.25) is 0 Å². The van der Waals surface area contributed by atoms with Gasteiger partial charge in [0.15, 0.2) is 11.5 Å². The molecule has 2 N–H and O–H groups in total. The van der Waals surface area contributed by atoms with Crippen LogP contribution in [-0.2, 0) is 0 Å². The number of nitrogens with zero attached hydrogens (tertiary/aromatic N) is 2. The van der Waals surface area contributed by atoms with E-state index in [0.29, 0.717) is 23.6 Å². The molecule has 1 saturated heterocycles. The van der Waals surface area contributed by atoms with Gasteiger partial charge in [0.1, 0.15) is 0 Å². The molecule has 23 heavy (non-hydrogen) atoms. The molecule has 1 fully saturated rings. The molecule has 1 aromatic carbocycles. The van der Waals surface area contributed by atoms with Gasteiger partial charge in [0.25, 0.3) is 0 Å². The number of methoxy groups -OCH3 is 2. The monoisotopic (exact) mass is 310 g/mol. The Hall–Kier alpha value is -2.62. The van der Waals surface area contributed by atoms with E-state index < -0.39 is 0 Å². The van der Waals surface area contributed by atoms with E-state index in [1.165, 1.54) is 0 Å². The molecule has 6 heteroatoms. The Labute approximate surface area is 135 Å². The van der Waals surface area contributed by atoms with Crippen molar-refractivity contribution in [3.05, 3.63) is 53.3 Å². The SMILES string of the molecule is COc1cc(C#N)cc(C2CNNC2c2cccnc2)c1OC. The quantitative estimate of drug-likeness (QED) is 0.898. The summed E-state index contributed by atoms with van der Waals surface area (Å²) in [4.78, 5) is 4.19. The highest BCUT2D eigenvalue weighted by Crippen LogP contribution is 2.42. The van der Waals surface area contributed by atoms with Gasteiger partial charge >= 0.3 is 0 Å². The molecule has 1 aliphatic heterocycles. The Kier molecular flexibility index (Phi) is 4.42. The molecule has 0 saturated carbocycles. The Morgan fingerprint density at radius 1 is 1.30 bits per heavy atom. The minimum atomic E-state index is 0.0382. The molecular formula is C17H18N4O2. The molecule has 118 valence electrons. The number of nitrogens with one attached hydrogen (secondary N) is 2. The van der Waals surface area contributed by atoms with Gasteiger partial charge in [0.05, 0.1) is 31.9 Å². The van der Waals surface area contributed by atoms with Gasteiger partial charge in [-0.1, -0.05) is 6.07 Å². The highest BCUT2D eigenvalue weighted by molar-refractivity contribution is 5.55. The Bertz CT molecular complexity index is 727. The predicted octanol–water partition coefficient (Wildman–Crippen LogP) is 1.90. The molecule has 0 radical (unpaired) electrons. The highest BCUT2D eigenvalue weighted by Gasteiger charge is 2.33. The van der Waals surface area contributed by atoms with Gasteiger partial charge in [-0.15, -0.1) is 0 Å². The van der Waals surface area contributed by atoms with Crippen LogP contribution in [-0.4, -0.2) is 25.7 Å². The molecule has 2 aromatic rings. The summed E-state index contributed by atoms with van der Waals surface area (Å²) in [5.41, 5.74) is 9.03. The molecule has 0 bridgehead atoms. The van der Waals surface area contributed by atoms with Crippen molar-refractivity contribution < 1.29 is 9.47 Å². The molecule has 2 heterocycles. The maximum Gasteiger partial charge on any atom is 0.164 e. The third-order valence-electron chi connectivity index (χ3n) is 4.06. The normalized spacial score (nSPS) is 20.0. The minimum absolute atomic E-state index is 0.0382. The summed E-state index contributed by atoms with van der Waals surface area (Å²) in [5, 5.41) is 9.28. The summed E-state index contributed by atoms with van der Waals surface area (Å²) in [6.45, 7) is 0.716. The smallest absolute Gasteiger partial charge is 0.164 e. The van der Waals surface area contributed by atoms with Gasteiger partial charge < -0.3 is 9.47 Å². The first-order chi connectivity index (χ1) is 11.3. The second-order valence-corrected chi connectivity index (χ2v) is 5.31. The van der Waals surface area contributed by atoms with Crippen LogP contribution in [0.4, 0.5) is 0 Å². The summed E-state index contributed by atoms with van der Waals surface area (Å²) in [6, 6.07) is 9.72. The first-order valence-corrected chi connectivity index (χ1v) is 7.32. The number of hydrogen-bond donors (Lipinski definition) is 2. The molecule has 1 aromatic heterocycles. The van der Waals surface area contributed by atoms with Gasteiger partial charge in [-0.25, -0.2) is 5.43 Å². The summed E-state index contributed by atoms with van der Waals surface area (Å²) in [6.07, 6.45) is 3.59. The van der Waals surface area contributed by atoms with E-state index in [1.54, 1.807) is 26.5 Å². The van der Waals surface area contributed by atoms with Gasteiger partial charge in [-0.3, -0.25) is 10.4 Å². The van der Waals surface area contributed by atoms with Crippen LogP contribution in [0.5, 0.6) is 11.5 Å². The lowest BCUT2D eigenvalue weighted by atomic mass is 9.87. The van der Waals surface area contributed by atoms with Gasteiger partial charge in [0, 0.05) is 36.5 Å². The van der Waals surface area contributed by atoms with Crippen molar-refractivity contribution >= 4 is 0 Å². The van der Waals surface area contributed by atoms with Gasteiger partial charge in [-0.2, -0.15) is 5.26 Å². The zero-order valence-electron chi connectivity index (χ0n) is 13.0. The highest BCUT2D eigenvalue weighted by atomic mass is 16.5. The zero-order valence-corrected chi connectivity index (χ0v) is 13.0. The average molecular weight is 310 g/mol. The first-order valence-electron chi connectivity index (χ1n) is 7.32. The number of hydrazine groups is 1. The maximum absolute atomic E-state index is 9.28. The second kappa shape index (κ2) is 6.65. The number of hydrogen-bond acceptors (Lipinski definition) is 6. The molecule has 0 amide bonds. The van der Waals surface area contributed by atoms with E-state index in [4.69, 9.17) is 9.47 Å². The van der Waals surface area contributed by atoms with Crippen molar-refractivity contribution in [1.82, 2.24) is 15.8 Å². The standard InChI is InChI=1S/C17H18N4O2/c1-22-15-7-11(8-18)6-13(17(15)23-2)14-10-20-21-16(14)12-4-3-5-19-9-12/h3-7,9,14,16,20-21H,10H2,1-2H3. The van der Waals surface area contributed by atoms with Crippen LogP contribution in [0.3, 0.4) is 0 Å². The van der Waals surface area contributed by atoms with E-state index in [-0.39, 0.29) is 12.0 Å². The largest absolute Gasteiger partial charge is 0.493 e. The topological polar surface area (TPSA) is 79.2 Å². The summed E-state index contributed by atoms with van der Waals surface area (Å²) in [7, 11) is 3.19. The second-order valence-electron chi connectivity index (χ2n) is 5.31. The summed E-state index contributed by atoms with van der Waals surface area (Å²) in [5.74, 6) is 1.32. The molecule has 3 rings (SSSR count). The fourth-order valence-electron chi connectivity index (χ4n) is 3.00. The van der Waals surface area contributed by atoms with E-state index in [1.807, 2.05) is 24.4 Å². The van der Waals surface area contributed by atoms with E-state index in [0.717, 1.165) is 11.1 Å². The van der Waals surface area contributed by atoms with Crippen LogP contribution in [0, 0.1) is 11.3 Å². The summed E-state index contributed by atoms with van der Waals surface area (Å²) < 4.78 is 10.9. The third-order valence-corrected chi connectivity index (χ3v) is 4.06. The molecule has 0 aliphatic carbocycles. The summed E-state index contributed by atoms with van der Waals surface area (Å²) >= 11 is 0. The van der Waals surface area contributed by atoms with Crippen LogP contribution >= 0.6 is 0 Å². The van der Waals surface area contributed by atoms with Crippen LogP contribution in [0.1, 0.15) is 28.7 Å². The van der Waals surface area contributed by atoms with Crippen LogP contribution in [0.15, 0.2) is 36.7 Å². The van der Waals surface area contributed by atoms with E-state index >= 15 is 0 Å². The fraction of sp³-hybridized carbons (Fsp3) is 0.294. The van der Waals surface area contributed by atoms with Crippen LogP contribution in [0.25, 0.3) is 0 Å². The molecule has 2 atom stereocenters. The lowest BCUT2D eigenvalue weighted by Gasteiger charge is -2.22. The van der Waals surface area contributed by atoms with Crippen molar-refractivity contribution in [2.45, 2.75) is 12.0 Å². The fourth-order valence-corrected chi connectivity index (χ4v) is 3.00. The molecular weight excluding hydrogens is 292 g/mol. The van der Waals surface area contributed by atoms with E-state index in [2.05, 4.69) is 21.9 Å². The minimum Gasteiger partial charge on any atom is -0.493 e. The van der Waals surface area contributed by atoms with Gasteiger partial charge in [-0.05, 0) is 17.7 Å². The van der Waals surface area contributed by atoms with Crippen molar-refractivity contribution in [1.29, 1.82) is 5.26 Å². The lowest BCUT2D eigenvalue weighted by molar-refractivity contribution is 0.348. The number of benzene rings is 1.